The maximum Gasteiger partial charge on any atom is 0.251 e. The first-order valence-corrected chi connectivity index (χ1v) is 9.62. The number of nitrogens with zero attached hydrogens (tertiary/aromatic N) is 1. The molecule has 0 aliphatic heterocycles. The predicted octanol–water partition coefficient (Wildman–Crippen LogP) is 4.00. The Kier molecular flexibility index (Phi) is 8.43. The summed E-state index contributed by atoms with van der Waals surface area (Å²) in [6.07, 6.45) is 0. The summed E-state index contributed by atoms with van der Waals surface area (Å²) in [5.41, 5.74) is 2.61. The minimum absolute atomic E-state index is 0.0672. The molecule has 27 heavy (non-hydrogen) atoms. The average molecular weight is 407 g/mol. The van der Waals surface area contributed by atoms with Crippen molar-refractivity contribution >= 4 is 35.1 Å². The van der Waals surface area contributed by atoms with Crippen LogP contribution in [0.5, 0.6) is 0 Å². The summed E-state index contributed by atoms with van der Waals surface area (Å²) >= 11 is 12.1. The van der Waals surface area contributed by atoms with E-state index in [9.17, 15) is 4.79 Å². The van der Waals surface area contributed by atoms with Gasteiger partial charge in [-0.25, -0.2) is 4.99 Å². The van der Waals surface area contributed by atoms with Crippen LogP contribution in [0.3, 0.4) is 0 Å². The number of nitrogens with one attached hydrogen (secondary N) is 3. The van der Waals surface area contributed by atoms with E-state index in [0.717, 1.165) is 17.7 Å². The molecule has 0 atom stereocenters. The van der Waals surface area contributed by atoms with Crippen LogP contribution in [-0.2, 0) is 13.1 Å². The Morgan fingerprint density at radius 2 is 1.67 bits per heavy atom. The first-order valence-electron chi connectivity index (χ1n) is 8.86. The third-order valence-electron chi connectivity index (χ3n) is 3.78. The van der Waals surface area contributed by atoms with E-state index in [1.165, 1.54) is 0 Å². The molecule has 7 heteroatoms. The van der Waals surface area contributed by atoms with Gasteiger partial charge in [0.15, 0.2) is 5.96 Å². The molecule has 0 bridgehead atoms. The zero-order valence-electron chi connectivity index (χ0n) is 15.5. The summed E-state index contributed by atoms with van der Waals surface area (Å²) in [6, 6.07) is 12.9. The van der Waals surface area contributed by atoms with Crippen LogP contribution < -0.4 is 16.0 Å². The molecule has 0 heterocycles. The molecule has 0 saturated carbocycles. The van der Waals surface area contributed by atoms with Gasteiger partial charge in [-0.15, -0.1) is 0 Å². The van der Waals surface area contributed by atoms with Gasteiger partial charge < -0.3 is 16.0 Å². The highest BCUT2D eigenvalue weighted by molar-refractivity contribution is 6.35. The van der Waals surface area contributed by atoms with Crippen molar-refractivity contribution in [2.24, 2.45) is 4.99 Å². The van der Waals surface area contributed by atoms with Gasteiger partial charge in [0.1, 0.15) is 0 Å². The van der Waals surface area contributed by atoms with E-state index in [4.69, 9.17) is 23.2 Å². The lowest BCUT2D eigenvalue weighted by atomic mass is 10.1. The van der Waals surface area contributed by atoms with Crippen molar-refractivity contribution in [3.8, 4) is 0 Å². The normalized spacial score (nSPS) is 11.2. The second-order valence-corrected chi connectivity index (χ2v) is 6.68. The molecule has 3 N–H and O–H groups in total. The van der Waals surface area contributed by atoms with Gasteiger partial charge in [0.05, 0.1) is 6.54 Å². The molecule has 0 unspecified atom stereocenters. The number of hydrogen-bond acceptors (Lipinski definition) is 2. The van der Waals surface area contributed by atoms with Crippen molar-refractivity contribution < 1.29 is 4.79 Å². The van der Waals surface area contributed by atoms with Gasteiger partial charge in [0.25, 0.3) is 5.91 Å². The fourth-order valence-electron chi connectivity index (χ4n) is 2.38. The van der Waals surface area contributed by atoms with Crippen molar-refractivity contribution in [3.05, 3.63) is 69.2 Å². The zero-order chi connectivity index (χ0) is 19.6. The molecule has 0 aliphatic rings. The summed E-state index contributed by atoms with van der Waals surface area (Å²) in [6.45, 7) is 6.30. The van der Waals surface area contributed by atoms with Crippen LogP contribution in [-0.4, -0.2) is 25.0 Å². The Morgan fingerprint density at radius 1 is 0.963 bits per heavy atom. The molecule has 2 aromatic rings. The van der Waals surface area contributed by atoms with Crippen molar-refractivity contribution in [3.63, 3.8) is 0 Å². The number of rotatable bonds is 7. The van der Waals surface area contributed by atoms with E-state index in [-0.39, 0.29) is 5.91 Å². The maximum absolute atomic E-state index is 11.8. The third kappa shape index (κ3) is 6.77. The van der Waals surface area contributed by atoms with Crippen LogP contribution in [0.2, 0.25) is 10.0 Å². The van der Waals surface area contributed by atoms with Crippen LogP contribution in [0.15, 0.2) is 47.5 Å². The number of hydrogen-bond donors (Lipinski definition) is 3. The minimum Gasteiger partial charge on any atom is -0.357 e. The second-order valence-electron chi connectivity index (χ2n) is 5.84. The smallest absolute Gasteiger partial charge is 0.251 e. The topological polar surface area (TPSA) is 65.5 Å². The van der Waals surface area contributed by atoms with Gasteiger partial charge in [-0.3, -0.25) is 4.79 Å². The lowest BCUT2D eigenvalue weighted by Gasteiger charge is -2.12. The summed E-state index contributed by atoms with van der Waals surface area (Å²) in [5, 5.41) is 10.5. The first kappa shape index (κ1) is 21.1. The fraction of sp³-hybridized carbons (Fsp3) is 0.300. The maximum atomic E-state index is 11.8. The highest BCUT2D eigenvalue weighted by Gasteiger charge is 2.05. The van der Waals surface area contributed by atoms with Gasteiger partial charge in [0.2, 0.25) is 0 Å². The lowest BCUT2D eigenvalue weighted by molar-refractivity contribution is 0.0956. The Bertz CT molecular complexity index is 791. The quantitative estimate of drug-likeness (QED) is 0.480. The van der Waals surface area contributed by atoms with Crippen LogP contribution in [0.25, 0.3) is 0 Å². The average Bonchev–Trinajstić information content (AvgIpc) is 2.66. The molecule has 144 valence electrons. The molecule has 0 aromatic heterocycles. The summed E-state index contributed by atoms with van der Waals surface area (Å²) in [5.74, 6) is 0.624. The second kappa shape index (κ2) is 10.8. The third-order valence-corrected chi connectivity index (χ3v) is 4.37. The van der Waals surface area contributed by atoms with Gasteiger partial charge in [0, 0.05) is 35.2 Å². The summed E-state index contributed by atoms with van der Waals surface area (Å²) < 4.78 is 0. The van der Waals surface area contributed by atoms with E-state index in [2.05, 4.69) is 20.9 Å². The van der Waals surface area contributed by atoms with Crippen LogP contribution in [0.4, 0.5) is 0 Å². The molecule has 0 fully saturated rings. The number of aliphatic imine (C=N–C) groups is 1. The summed E-state index contributed by atoms with van der Waals surface area (Å²) in [4.78, 5) is 16.4. The Labute approximate surface area is 170 Å². The van der Waals surface area contributed by atoms with E-state index >= 15 is 0 Å². The lowest BCUT2D eigenvalue weighted by Crippen LogP contribution is -2.36. The van der Waals surface area contributed by atoms with E-state index < -0.39 is 0 Å². The minimum atomic E-state index is -0.0672. The number of benzene rings is 2. The van der Waals surface area contributed by atoms with Gasteiger partial charge in [-0.1, -0.05) is 41.4 Å². The number of carbonyl (C=O) groups is 1. The van der Waals surface area contributed by atoms with Crippen LogP contribution in [0, 0.1) is 0 Å². The van der Waals surface area contributed by atoms with E-state index in [1.54, 1.807) is 6.07 Å². The van der Waals surface area contributed by atoms with Crippen LogP contribution in [0.1, 0.15) is 35.3 Å². The monoisotopic (exact) mass is 406 g/mol. The Balaban J connectivity index is 1.99. The van der Waals surface area contributed by atoms with Crippen molar-refractivity contribution in [1.82, 2.24) is 16.0 Å². The first-order chi connectivity index (χ1) is 13.0. The molecule has 0 aliphatic carbocycles. The molecule has 2 rings (SSSR count). The number of carbonyl (C=O) groups excluding carboxylic acids is 1. The highest BCUT2D eigenvalue weighted by atomic mass is 35.5. The SMILES string of the molecule is CCNC(=O)c1ccc(CN=C(NCC)NCc2ccc(Cl)cc2Cl)cc1. The van der Waals surface area contributed by atoms with Crippen molar-refractivity contribution in [1.29, 1.82) is 0 Å². The standard InChI is InChI=1S/C20H24Cl2N4O/c1-3-23-19(27)15-7-5-14(6-8-15)12-25-20(24-4-2)26-13-16-9-10-17(21)11-18(16)22/h5-11H,3-4,12-13H2,1-2H3,(H,23,27)(H2,24,25,26). The van der Waals surface area contributed by atoms with Gasteiger partial charge in [-0.05, 0) is 49.2 Å². The predicted molar refractivity (Wildman–Crippen MR) is 113 cm³/mol. The molecule has 2 aromatic carbocycles. The largest absolute Gasteiger partial charge is 0.357 e. The summed E-state index contributed by atoms with van der Waals surface area (Å²) in [7, 11) is 0. The Morgan fingerprint density at radius 3 is 2.30 bits per heavy atom. The van der Waals surface area contributed by atoms with Crippen molar-refractivity contribution in [2.75, 3.05) is 13.1 Å². The molecular weight excluding hydrogens is 383 g/mol. The number of amides is 1. The van der Waals surface area contributed by atoms with Crippen molar-refractivity contribution in [2.45, 2.75) is 26.9 Å². The Hall–Kier alpha value is -2.24. The number of halogens is 2. The van der Waals surface area contributed by atoms with E-state index in [1.807, 2.05) is 50.2 Å². The zero-order valence-corrected chi connectivity index (χ0v) is 17.0. The van der Waals surface area contributed by atoms with Gasteiger partial charge >= 0.3 is 0 Å². The fourth-order valence-corrected chi connectivity index (χ4v) is 2.86. The molecular formula is C20H24Cl2N4O. The van der Waals surface area contributed by atoms with Gasteiger partial charge in [-0.2, -0.15) is 0 Å². The molecule has 0 spiro atoms. The van der Waals surface area contributed by atoms with Crippen LogP contribution >= 0.6 is 23.2 Å². The molecule has 1 amide bonds. The molecule has 5 nitrogen and oxygen atoms in total. The van der Waals surface area contributed by atoms with E-state index in [0.29, 0.717) is 41.2 Å². The molecule has 0 saturated heterocycles. The highest BCUT2D eigenvalue weighted by Crippen LogP contribution is 2.20. The number of guanidine groups is 1. The molecule has 0 radical (unpaired) electrons.